The molecule has 1 atom stereocenters. The van der Waals surface area contributed by atoms with Crippen molar-refractivity contribution in [2.75, 3.05) is 11.5 Å². The number of benzene rings is 3. The molecule has 0 aliphatic carbocycles. The minimum Gasteiger partial charge on any atom is -0.454 e. The van der Waals surface area contributed by atoms with E-state index in [0.29, 0.717) is 16.1 Å². The summed E-state index contributed by atoms with van der Waals surface area (Å²) in [6, 6.07) is 22.6. The van der Waals surface area contributed by atoms with E-state index >= 15 is 0 Å². The molecule has 8 heteroatoms. The molecule has 1 aliphatic rings. The number of aromatic amines is 1. The van der Waals surface area contributed by atoms with Gasteiger partial charge in [-0.05, 0) is 35.7 Å². The van der Waals surface area contributed by atoms with Gasteiger partial charge >= 0.3 is 5.97 Å². The van der Waals surface area contributed by atoms with E-state index in [2.05, 4.69) is 4.98 Å². The molecule has 1 saturated heterocycles. The molecular formula is C27H20N2O5S. The predicted octanol–water partition coefficient (Wildman–Crippen LogP) is 4.63. The summed E-state index contributed by atoms with van der Waals surface area (Å²) in [6.45, 7) is -0.391. The second kappa shape index (κ2) is 9.60. The van der Waals surface area contributed by atoms with Gasteiger partial charge < -0.3 is 9.72 Å². The number of anilines is 1. The number of esters is 1. The van der Waals surface area contributed by atoms with Crippen LogP contribution in [-0.2, 0) is 14.3 Å². The number of amides is 2. The third-order valence-electron chi connectivity index (χ3n) is 5.71. The van der Waals surface area contributed by atoms with Crippen molar-refractivity contribution in [3.8, 4) is 0 Å². The number of fused-ring (bicyclic) bond motifs is 1. The van der Waals surface area contributed by atoms with Crippen molar-refractivity contribution in [1.29, 1.82) is 0 Å². The molecule has 174 valence electrons. The summed E-state index contributed by atoms with van der Waals surface area (Å²) < 4.78 is 5.25. The average molecular weight is 485 g/mol. The van der Waals surface area contributed by atoms with Crippen LogP contribution >= 0.6 is 11.8 Å². The molecule has 2 heterocycles. The van der Waals surface area contributed by atoms with Crippen molar-refractivity contribution < 1.29 is 23.9 Å². The van der Waals surface area contributed by atoms with Crippen molar-refractivity contribution in [3.05, 3.63) is 96.2 Å². The number of carbonyl (C=O) groups excluding carboxylic acids is 4. The molecule has 35 heavy (non-hydrogen) atoms. The Morgan fingerprint density at radius 3 is 2.57 bits per heavy atom. The van der Waals surface area contributed by atoms with E-state index in [0.717, 1.165) is 22.7 Å². The monoisotopic (exact) mass is 484 g/mol. The standard InChI is InChI=1S/C27H20N2O5S/c30-22(18-6-2-1-3-7-18)16-34-27(33)20-8-4-5-9-23(20)35-24-15-25(31)29(26(24)32)19-11-10-17-12-13-28-21(17)14-19/h1-14,24,28H,15-16H2. The van der Waals surface area contributed by atoms with E-state index in [-0.39, 0.29) is 29.6 Å². The first-order chi connectivity index (χ1) is 17.0. The highest BCUT2D eigenvalue weighted by Crippen LogP contribution is 2.36. The summed E-state index contributed by atoms with van der Waals surface area (Å²) in [4.78, 5) is 55.7. The molecule has 0 radical (unpaired) electrons. The number of rotatable bonds is 7. The van der Waals surface area contributed by atoms with Gasteiger partial charge in [-0.3, -0.25) is 14.4 Å². The lowest BCUT2D eigenvalue weighted by molar-refractivity contribution is -0.121. The minimum absolute atomic E-state index is 0.0160. The topological polar surface area (TPSA) is 96.5 Å². The first-order valence-electron chi connectivity index (χ1n) is 11.0. The van der Waals surface area contributed by atoms with Gasteiger partial charge in [-0.25, -0.2) is 9.69 Å². The minimum atomic E-state index is -0.679. The van der Waals surface area contributed by atoms with Crippen LogP contribution in [0.1, 0.15) is 27.1 Å². The Labute approximate surface area is 205 Å². The number of ketones is 1. The highest BCUT2D eigenvalue weighted by molar-refractivity contribution is 8.00. The van der Waals surface area contributed by atoms with Gasteiger partial charge in [0.15, 0.2) is 12.4 Å². The van der Waals surface area contributed by atoms with Crippen LogP contribution in [0.4, 0.5) is 5.69 Å². The Kier molecular flexibility index (Phi) is 6.20. The van der Waals surface area contributed by atoms with Crippen LogP contribution in [-0.4, -0.2) is 40.4 Å². The second-order valence-electron chi connectivity index (χ2n) is 7.99. The number of hydrogen-bond donors (Lipinski definition) is 1. The molecule has 0 saturated carbocycles. The normalized spacial score (nSPS) is 15.5. The summed E-state index contributed by atoms with van der Waals surface area (Å²) >= 11 is 1.15. The maximum atomic E-state index is 13.2. The third kappa shape index (κ3) is 4.61. The first-order valence-corrected chi connectivity index (χ1v) is 11.8. The van der Waals surface area contributed by atoms with Gasteiger partial charge in [0.2, 0.25) is 11.8 Å². The number of nitrogens with one attached hydrogen (secondary N) is 1. The van der Waals surface area contributed by atoms with E-state index in [4.69, 9.17) is 4.74 Å². The zero-order valence-corrected chi connectivity index (χ0v) is 19.3. The van der Waals surface area contributed by atoms with E-state index in [1.807, 2.05) is 12.1 Å². The molecule has 3 aromatic carbocycles. The quantitative estimate of drug-likeness (QED) is 0.233. The van der Waals surface area contributed by atoms with E-state index in [9.17, 15) is 19.2 Å². The van der Waals surface area contributed by atoms with Gasteiger partial charge in [0.25, 0.3) is 0 Å². The summed E-state index contributed by atoms with van der Waals surface area (Å²) in [5.74, 6) is -1.61. The molecular weight excluding hydrogens is 464 g/mol. The third-order valence-corrected chi connectivity index (χ3v) is 6.97. The van der Waals surface area contributed by atoms with Gasteiger partial charge in [0, 0.05) is 28.6 Å². The van der Waals surface area contributed by atoms with Gasteiger partial charge in [-0.1, -0.05) is 48.5 Å². The average Bonchev–Trinajstić information content (AvgIpc) is 3.46. The van der Waals surface area contributed by atoms with Gasteiger partial charge in [0.1, 0.15) is 0 Å². The van der Waals surface area contributed by atoms with Crippen LogP contribution in [0.15, 0.2) is 90.0 Å². The maximum absolute atomic E-state index is 13.2. The van der Waals surface area contributed by atoms with E-state index < -0.39 is 17.8 Å². The zero-order valence-electron chi connectivity index (χ0n) is 18.5. The number of ether oxygens (including phenoxy) is 1. The molecule has 2 amide bonds. The largest absolute Gasteiger partial charge is 0.454 e. The van der Waals surface area contributed by atoms with Crippen molar-refractivity contribution in [3.63, 3.8) is 0 Å². The Hall–Kier alpha value is -4.17. The Balaban J connectivity index is 1.30. The lowest BCUT2D eigenvalue weighted by Gasteiger charge is -2.16. The smallest absolute Gasteiger partial charge is 0.339 e. The molecule has 1 N–H and O–H groups in total. The number of thioether (sulfide) groups is 1. The number of H-pyrrole nitrogens is 1. The highest BCUT2D eigenvalue weighted by atomic mass is 32.2. The fourth-order valence-electron chi connectivity index (χ4n) is 3.95. The van der Waals surface area contributed by atoms with Gasteiger partial charge in [-0.2, -0.15) is 0 Å². The molecule has 0 bridgehead atoms. The molecule has 1 aliphatic heterocycles. The van der Waals surface area contributed by atoms with Crippen molar-refractivity contribution >= 4 is 51.9 Å². The van der Waals surface area contributed by atoms with E-state index in [1.165, 1.54) is 4.90 Å². The zero-order chi connectivity index (χ0) is 24.4. The molecule has 0 spiro atoms. The SMILES string of the molecule is O=C(COC(=O)c1ccccc1SC1CC(=O)N(c2ccc3cc[nH]c3c2)C1=O)c1ccccc1. The first kappa shape index (κ1) is 22.6. The fourth-order valence-corrected chi connectivity index (χ4v) is 5.12. The molecule has 1 aromatic heterocycles. The molecule has 1 unspecified atom stereocenters. The van der Waals surface area contributed by atoms with Crippen LogP contribution in [0.3, 0.4) is 0 Å². The predicted molar refractivity (Wildman–Crippen MR) is 133 cm³/mol. The van der Waals surface area contributed by atoms with E-state index in [1.54, 1.807) is 72.9 Å². The number of carbonyl (C=O) groups is 4. The van der Waals surface area contributed by atoms with Gasteiger partial charge in [0.05, 0.1) is 16.5 Å². The number of imide groups is 1. The lowest BCUT2D eigenvalue weighted by Crippen LogP contribution is -2.31. The number of nitrogens with zero attached hydrogens (tertiary/aromatic N) is 1. The van der Waals surface area contributed by atoms with Crippen molar-refractivity contribution in [2.45, 2.75) is 16.6 Å². The van der Waals surface area contributed by atoms with Crippen LogP contribution in [0.25, 0.3) is 10.9 Å². The van der Waals surface area contributed by atoms with Crippen LogP contribution in [0.2, 0.25) is 0 Å². The molecule has 5 rings (SSSR count). The Morgan fingerprint density at radius 2 is 1.74 bits per heavy atom. The Morgan fingerprint density at radius 1 is 0.971 bits per heavy atom. The highest BCUT2D eigenvalue weighted by Gasteiger charge is 2.40. The summed E-state index contributed by atoms with van der Waals surface area (Å²) in [6.07, 6.45) is 1.81. The van der Waals surface area contributed by atoms with Crippen molar-refractivity contribution in [2.24, 2.45) is 0 Å². The summed E-state index contributed by atoms with van der Waals surface area (Å²) in [7, 11) is 0. The number of hydrogen-bond acceptors (Lipinski definition) is 6. The van der Waals surface area contributed by atoms with Crippen LogP contribution in [0.5, 0.6) is 0 Å². The summed E-state index contributed by atoms with van der Waals surface area (Å²) in [5, 5.41) is 0.304. The summed E-state index contributed by atoms with van der Waals surface area (Å²) in [5.41, 5.74) is 2.03. The second-order valence-corrected chi connectivity index (χ2v) is 9.23. The number of Topliss-reactive ketones (excluding diaryl/α,β-unsaturated/α-hetero) is 1. The molecule has 4 aromatic rings. The van der Waals surface area contributed by atoms with Crippen molar-refractivity contribution in [1.82, 2.24) is 4.98 Å². The van der Waals surface area contributed by atoms with Crippen LogP contribution < -0.4 is 4.90 Å². The fraction of sp³-hybridized carbons (Fsp3) is 0.111. The number of aromatic nitrogens is 1. The Bertz CT molecular complexity index is 1450. The molecule has 1 fully saturated rings. The van der Waals surface area contributed by atoms with Crippen LogP contribution in [0, 0.1) is 0 Å². The maximum Gasteiger partial charge on any atom is 0.339 e. The lowest BCUT2D eigenvalue weighted by atomic mass is 10.1. The van der Waals surface area contributed by atoms with Gasteiger partial charge in [-0.15, -0.1) is 11.8 Å². The molecule has 7 nitrogen and oxygen atoms in total.